The smallest absolute Gasteiger partial charge is 0.264 e. The van der Waals surface area contributed by atoms with Crippen LogP contribution in [0.2, 0.25) is 0 Å². The summed E-state index contributed by atoms with van der Waals surface area (Å²) in [5.41, 5.74) is 7.27. The van der Waals surface area contributed by atoms with Gasteiger partial charge in [-0.1, -0.05) is 52.9 Å². The number of rotatable bonds is 4. The van der Waals surface area contributed by atoms with E-state index in [2.05, 4.69) is 0 Å². The fourth-order valence-corrected chi connectivity index (χ4v) is 2.20. The van der Waals surface area contributed by atoms with Crippen LogP contribution in [0.25, 0.3) is 0 Å². The number of carbonyl (C=O) groups is 2. The van der Waals surface area contributed by atoms with E-state index >= 15 is 0 Å². The molecular weight excluding hydrogens is 323 g/mol. The topological polar surface area (TPSA) is 92.4 Å². The van der Waals surface area contributed by atoms with E-state index in [9.17, 15) is 9.59 Å². The van der Waals surface area contributed by atoms with Gasteiger partial charge in [-0.2, -0.15) is 0 Å². The Hall–Kier alpha value is -1.15. The zero-order valence-corrected chi connectivity index (χ0v) is 10.5. The summed E-state index contributed by atoms with van der Waals surface area (Å²) in [7, 11) is 0. The Morgan fingerprint density at radius 3 is 2.38 bits per heavy atom. The van der Waals surface area contributed by atoms with E-state index in [1.54, 1.807) is 35.8 Å². The first-order chi connectivity index (χ1) is 7.50. The van der Waals surface area contributed by atoms with Gasteiger partial charge >= 0.3 is 0 Å². The van der Waals surface area contributed by atoms with Crippen molar-refractivity contribution >= 4 is 34.4 Å². The zero-order chi connectivity index (χ0) is 12.2. The van der Waals surface area contributed by atoms with Gasteiger partial charge < -0.3 is 5.73 Å². The van der Waals surface area contributed by atoms with Crippen LogP contribution >= 0.6 is 22.6 Å². The maximum Gasteiger partial charge on any atom is 0.264 e. The lowest BCUT2D eigenvalue weighted by molar-refractivity contribution is -0.133. The monoisotopic (exact) mass is 334 g/mol. The summed E-state index contributed by atoms with van der Waals surface area (Å²) in [6.45, 7) is 0. The van der Waals surface area contributed by atoms with Crippen LogP contribution in [0.15, 0.2) is 30.3 Å². The minimum atomic E-state index is -1.18. The van der Waals surface area contributed by atoms with E-state index < -0.39 is 15.2 Å². The molecule has 1 atom stereocenters. The molecule has 1 aromatic rings. The summed E-state index contributed by atoms with van der Waals surface area (Å²) in [6.07, 6.45) is -0.177. The lowest BCUT2D eigenvalue weighted by Crippen LogP contribution is -2.41. The van der Waals surface area contributed by atoms with Gasteiger partial charge in [0, 0.05) is 0 Å². The van der Waals surface area contributed by atoms with Crippen LogP contribution in [0.4, 0.5) is 0 Å². The summed E-state index contributed by atoms with van der Waals surface area (Å²) in [5, 5.41) is 8.69. The van der Waals surface area contributed by atoms with Crippen molar-refractivity contribution in [2.75, 3.05) is 0 Å². The highest BCUT2D eigenvalue weighted by molar-refractivity contribution is 14.1. The first kappa shape index (κ1) is 12.9. The summed E-state index contributed by atoms with van der Waals surface area (Å²) < 4.78 is -1.18. The normalized spacial score (nSPS) is 13.9. The molecule has 0 saturated carbocycles. The van der Waals surface area contributed by atoms with Crippen LogP contribution < -0.4 is 11.2 Å². The Labute approximate surface area is 106 Å². The molecule has 0 spiro atoms. The number of nitrogens with one attached hydrogen (secondary N) is 1. The van der Waals surface area contributed by atoms with E-state index in [0.29, 0.717) is 5.56 Å². The predicted octanol–water partition coefficient (Wildman–Crippen LogP) is 0.698. The Morgan fingerprint density at radius 2 is 1.94 bits per heavy atom. The number of hydroxylamine groups is 1. The number of halogens is 1. The Morgan fingerprint density at radius 1 is 1.38 bits per heavy atom. The first-order valence-corrected chi connectivity index (χ1v) is 5.56. The fourth-order valence-electron chi connectivity index (χ4n) is 1.34. The van der Waals surface area contributed by atoms with Crippen molar-refractivity contribution in [1.82, 2.24) is 5.48 Å². The van der Waals surface area contributed by atoms with Gasteiger partial charge in [-0.15, -0.1) is 0 Å². The molecule has 0 aromatic heterocycles. The Bertz CT molecular complexity index is 396. The second-order valence-corrected chi connectivity index (χ2v) is 5.09. The van der Waals surface area contributed by atoms with Gasteiger partial charge in [0.1, 0.15) is 3.42 Å². The molecule has 0 aliphatic carbocycles. The highest BCUT2D eigenvalue weighted by Gasteiger charge is 2.38. The van der Waals surface area contributed by atoms with Crippen LogP contribution in [0.1, 0.15) is 12.0 Å². The second kappa shape index (κ2) is 5.26. The molecule has 86 valence electrons. The number of nitrogens with two attached hydrogens (primary N) is 1. The standard InChI is InChI=1S/C10H11IN2O3/c11-10(6-8(12)14,9(15)13-16)7-4-2-1-3-5-7/h1-5,16H,6H2,(H2,12,14)(H,13,15). The number of carbonyl (C=O) groups excluding carboxylic acids is 2. The molecule has 1 aromatic carbocycles. The molecule has 0 fully saturated rings. The predicted molar refractivity (Wildman–Crippen MR) is 65.9 cm³/mol. The van der Waals surface area contributed by atoms with Crippen molar-refractivity contribution in [3.63, 3.8) is 0 Å². The van der Waals surface area contributed by atoms with Gasteiger partial charge in [0.05, 0.1) is 6.42 Å². The SMILES string of the molecule is NC(=O)CC(I)(C(=O)NO)c1ccccc1. The van der Waals surface area contributed by atoms with Gasteiger partial charge in [-0.25, -0.2) is 5.48 Å². The molecule has 4 N–H and O–H groups in total. The average Bonchev–Trinajstić information content (AvgIpc) is 2.28. The molecule has 0 saturated heterocycles. The molecule has 1 rings (SSSR count). The third-order valence-electron chi connectivity index (χ3n) is 2.11. The van der Waals surface area contributed by atoms with Gasteiger partial charge in [0.15, 0.2) is 0 Å². The molecule has 6 heteroatoms. The molecule has 0 aliphatic heterocycles. The lowest BCUT2D eigenvalue weighted by Gasteiger charge is -2.24. The average molecular weight is 334 g/mol. The Kier molecular flexibility index (Phi) is 4.25. The molecule has 0 bridgehead atoms. The Balaban J connectivity index is 3.14. The van der Waals surface area contributed by atoms with E-state index in [1.165, 1.54) is 0 Å². The van der Waals surface area contributed by atoms with Gasteiger partial charge in [-0.05, 0) is 5.56 Å². The number of hydrogen-bond acceptors (Lipinski definition) is 3. The number of benzene rings is 1. The van der Waals surface area contributed by atoms with Crippen LogP contribution in [0.5, 0.6) is 0 Å². The van der Waals surface area contributed by atoms with E-state index in [0.717, 1.165) is 0 Å². The molecule has 16 heavy (non-hydrogen) atoms. The van der Waals surface area contributed by atoms with Crippen molar-refractivity contribution in [2.24, 2.45) is 5.73 Å². The molecule has 0 aliphatic rings. The molecule has 0 radical (unpaired) electrons. The van der Waals surface area contributed by atoms with E-state index in [-0.39, 0.29) is 6.42 Å². The van der Waals surface area contributed by atoms with Crippen molar-refractivity contribution < 1.29 is 14.8 Å². The van der Waals surface area contributed by atoms with Crippen molar-refractivity contribution in [2.45, 2.75) is 9.84 Å². The first-order valence-electron chi connectivity index (χ1n) is 4.48. The minimum Gasteiger partial charge on any atom is -0.370 e. The highest BCUT2D eigenvalue weighted by atomic mass is 127. The number of hydrogen-bond donors (Lipinski definition) is 3. The molecule has 5 nitrogen and oxygen atoms in total. The molecule has 0 heterocycles. The molecule has 1 unspecified atom stereocenters. The quantitative estimate of drug-likeness (QED) is 0.328. The van der Waals surface area contributed by atoms with Crippen LogP contribution in [0, 0.1) is 0 Å². The largest absolute Gasteiger partial charge is 0.370 e. The van der Waals surface area contributed by atoms with Crippen molar-refractivity contribution in [1.29, 1.82) is 0 Å². The van der Waals surface area contributed by atoms with Crippen LogP contribution in [-0.4, -0.2) is 17.0 Å². The van der Waals surface area contributed by atoms with Gasteiger partial charge in [0.2, 0.25) is 5.91 Å². The summed E-state index contributed by atoms with van der Waals surface area (Å²) in [5.74, 6) is -1.28. The summed E-state index contributed by atoms with van der Waals surface area (Å²) in [6, 6.07) is 8.68. The van der Waals surface area contributed by atoms with E-state index in [1.807, 2.05) is 22.6 Å². The zero-order valence-electron chi connectivity index (χ0n) is 8.31. The fraction of sp³-hybridized carbons (Fsp3) is 0.200. The maximum atomic E-state index is 11.6. The maximum absolute atomic E-state index is 11.6. The van der Waals surface area contributed by atoms with E-state index in [4.69, 9.17) is 10.9 Å². The lowest BCUT2D eigenvalue weighted by atomic mass is 9.94. The summed E-state index contributed by atoms with van der Waals surface area (Å²) in [4.78, 5) is 22.6. The van der Waals surface area contributed by atoms with Gasteiger partial charge in [0.25, 0.3) is 5.91 Å². The third-order valence-corrected chi connectivity index (χ3v) is 3.60. The van der Waals surface area contributed by atoms with Crippen molar-refractivity contribution in [3.8, 4) is 0 Å². The number of alkyl halides is 1. The molecular formula is C10H11IN2O3. The molecule has 2 amide bonds. The highest BCUT2D eigenvalue weighted by Crippen LogP contribution is 2.35. The number of primary amides is 1. The van der Waals surface area contributed by atoms with Crippen LogP contribution in [-0.2, 0) is 13.0 Å². The van der Waals surface area contributed by atoms with Gasteiger partial charge in [-0.3, -0.25) is 14.8 Å². The third kappa shape index (κ3) is 2.70. The summed E-state index contributed by atoms with van der Waals surface area (Å²) >= 11 is 1.81. The van der Waals surface area contributed by atoms with Crippen molar-refractivity contribution in [3.05, 3.63) is 35.9 Å². The second-order valence-electron chi connectivity index (χ2n) is 3.25. The number of amides is 2. The van der Waals surface area contributed by atoms with Crippen LogP contribution in [0.3, 0.4) is 0 Å². The minimum absolute atomic E-state index is 0.177.